The molecular formula is H6BKO3SrV. The molecule has 0 aliphatic heterocycles. The van der Waals surface area contributed by atoms with Gasteiger partial charge in [0, 0.05) is 18.6 Å². The summed E-state index contributed by atoms with van der Waals surface area (Å²) in [5.41, 5.74) is 0. The third kappa shape index (κ3) is 42.4. The molecule has 3 nitrogen and oxygen atoms in total. The molecule has 1 radical (unpaired) electrons. The van der Waals surface area contributed by atoms with E-state index < -0.39 is 7.32 Å². The van der Waals surface area contributed by atoms with Gasteiger partial charge in [0.05, 0.1) is 0 Å². The van der Waals surface area contributed by atoms with Crippen LogP contribution < -0.4 is 0 Å². The first-order chi connectivity index (χ1) is 1.73. The summed E-state index contributed by atoms with van der Waals surface area (Å²) >= 11 is 0. The van der Waals surface area contributed by atoms with Gasteiger partial charge in [-0.05, 0) is 0 Å². The van der Waals surface area contributed by atoms with Crippen LogP contribution in [0.2, 0.25) is 0 Å². The molecule has 0 atom stereocenters. The minimum atomic E-state index is -2.17. The second-order valence-corrected chi connectivity index (χ2v) is 0.346. The molecule has 0 aromatic carbocycles. The topological polar surface area (TPSA) is 60.7 Å². The van der Waals surface area contributed by atoms with Crippen LogP contribution in [-0.2, 0) is 18.6 Å². The Morgan fingerprint density at radius 2 is 1.00 bits per heavy atom. The zero-order valence-electron chi connectivity index (χ0n) is 2.37. The van der Waals surface area contributed by atoms with Crippen molar-refractivity contribution in [2.24, 2.45) is 0 Å². The molecule has 7 heavy (non-hydrogen) atoms. The first-order valence-electron chi connectivity index (χ1n) is 0.775. The van der Waals surface area contributed by atoms with Crippen molar-refractivity contribution in [3.63, 3.8) is 0 Å². The van der Waals surface area contributed by atoms with Gasteiger partial charge in [0.25, 0.3) is 0 Å². The Balaban J connectivity index is -0.0000000150. The fourth-order valence-electron chi connectivity index (χ4n) is 0. The molecule has 0 aliphatic rings. The maximum absolute atomic E-state index is 7.17. The molecule has 35 valence electrons. The SMILES string of the molecule is OB(O)O.[KH].[SrH2].[V]. The predicted octanol–water partition coefficient (Wildman–Crippen LogP) is -3.62. The van der Waals surface area contributed by atoms with E-state index in [2.05, 4.69) is 0 Å². The van der Waals surface area contributed by atoms with Crippen LogP contribution in [0.3, 0.4) is 0 Å². The van der Waals surface area contributed by atoms with Crippen molar-refractivity contribution in [1.82, 2.24) is 0 Å². The van der Waals surface area contributed by atoms with Crippen molar-refractivity contribution in [2.45, 2.75) is 0 Å². The fourth-order valence-corrected chi connectivity index (χ4v) is 0. The maximum atomic E-state index is 7.17. The molecule has 7 heteroatoms. The Kier molecular flexibility index (Phi) is 52.3. The van der Waals surface area contributed by atoms with Crippen LogP contribution in [0.4, 0.5) is 0 Å². The normalized spacial score (nSPS) is 3.86. The quantitative estimate of drug-likeness (QED) is 0.385. The zero-order valence-corrected chi connectivity index (χ0v) is 3.76. The van der Waals surface area contributed by atoms with Crippen molar-refractivity contribution in [2.75, 3.05) is 0 Å². The van der Waals surface area contributed by atoms with E-state index in [-0.39, 0.29) is 115 Å². The molecule has 3 N–H and O–H groups in total. The third-order valence-electron chi connectivity index (χ3n) is 0. The Morgan fingerprint density at radius 3 is 1.00 bits per heavy atom. The minimum Gasteiger partial charge on any atom is 0 e. The molecule has 0 saturated heterocycles. The van der Waals surface area contributed by atoms with E-state index in [1.54, 1.807) is 0 Å². The molecule has 0 unspecified atom stereocenters. The van der Waals surface area contributed by atoms with Crippen LogP contribution in [0.25, 0.3) is 0 Å². The van der Waals surface area contributed by atoms with Gasteiger partial charge in [0.2, 0.25) is 0 Å². The summed E-state index contributed by atoms with van der Waals surface area (Å²) in [6, 6.07) is 0. The van der Waals surface area contributed by atoms with Gasteiger partial charge < -0.3 is 15.1 Å². The summed E-state index contributed by atoms with van der Waals surface area (Å²) in [4.78, 5) is 0. The molecule has 0 spiro atoms. The van der Waals surface area contributed by atoms with E-state index in [0.29, 0.717) is 0 Å². The number of rotatable bonds is 0. The van der Waals surface area contributed by atoms with Crippen LogP contribution in [0.1, 0.15) is 0 Å². The first-order valence-corrected chi connectivity index (χ1v) is 0.775. The van der Waals surface area contributed by atoms with E-state index in [9.17, 15) is 0 Å². The van der Waals surface area contributed by atoms with Gasteiger partial charge in [0.1, 0.15) is 0 Å². The molecule has 0 heterocycles. The molecule has 0 rings (SSSR count). The monoisotopic (exact) mass is 243 g/mol. The van der Waals surface area contributed by atoms with E-state index in [4.69, 9.17) is 15.1 Å². The molecule has 0 fully saturated rings. The van der Waals surface area contributed by atoms with E-state index >= 15 is 0 Å². The van der Waals surface area contributed by atoms with Crippen LogP contribution in [0, 0.1) is 0 Å². The molecule has 0 saturated carbocycles. The summed E-state index contributed by atoms with van der Waals surface area (Å²) in [7, 11) is -2.17. The van der Waals surface area contributed by atoms with Crippen molar-refractivity contribution in [1.29, 1.82) is 0 Å². The average Bonchev–Trinajstić information content (AvgIpc) is 0.811. The Morgan fingerprint density at radius 1 is 1.00 bits per heavy atom. The molecule has 0 amide bonds. The van der Waals surface area contributed by atoms with Gasteiger partial charge in [-0.25, -0.2) is 0 Å². The number of hydrogen-bond acceptors (Lipinski definition) is 3. The molecule has 0 aliphatic carbocycles. The van der Waals surface area contributed by atoms with Gasteiger partial charge in [0.15, 0.2) is 0 Å². The predicted molar refractivity (Wildman–Crippen MR) is 28.1 cm³/mol. The second kappa shape index (κ2) is 16.3. The van der Waals surface area contributed by atoms with Crippen LogP contribution in [0.5, 0.6) is 0 Å². The summed E-state index contributed by atoms with van der Waals surface area (Å²) < 4.78 is 0. The molecule has 0 aromatic rings. The van der Waals surface area contributed by atoms with Crippen LogP contribution in [-0.4, -0.2) is 119 Å². The van der Waals surface area contributed by atoms with Crippen LogP contribution >= 0.6 is 0 Å². The van der Waals surface area contributed by atoms with Gasteiger partial charge in [-0.2, -0.15) is 0 Å². The molecule has 0 aromatic heterocycles. The molecule has 0 bridgehead atoms. The second-order valence-electron chi connectivity index (χ2n) is 0.346. The van der Waals surface area contributed by atoms with Gasteiger partial charge >= 0.3 is 104 Å². The Bertz CT molecular complexity index is 19.7. The van der Waals surface area contributed by atoms with Crippen molar-refractivity contribution >= 4 is 104 Å². The van der Waals surface area contributed by atoms with Gasteiger partial charge in [-0.15, -0.1) is 0 Å². The van der Waals surface area contributed by atoms with Gasteiger partial charge in [-0.1, -0.05) is 0 Å². The zero-order chi connectivity index (χ0) is 3.58. The van der Waals surface area contributed by atoms with E-state index in [1.165, 1.54) is 0 Å². The van der Waals surface area contributed by atoms with Crippen LogP contribution in [0.15, 0.2) is 0 Å². The van der Waals surface area contributed by atoms with E-state index in [0.717, 1.165) is 0 Å². The standard InChI is InChI=1S/BH3O3.K.Sr.V.3H/c2-1(3)4;;;;;;/h2-4H;;;;;;. The summed E-state index contributed by atoms with van der Waals surface area (Å²) in [5, 5.41) is 21.5. The fraction of sp³-hybridized carbons (Fsp3) is 0. The average molecular weight is 243 g/mol. The van der Waals surface area contributed by atoms with Crippen molar-refractivity contribution < 1.29 is 33.6 Å². The summed E-state index contributed by atoms with van der Waals surface area (Å²) in [6.45, 7) is 0. The third-order valence-corrected chi connectivity index (χ3v) is 0. The van der Waals surface area contributed by atoms with Crippen molar-refractivity contribution in [3.05, 3.63) is 0 Å². The molecular weight excluding hydrogens is 236 g/mol. The smallest absolute Gasteiger partial charge is 0 e. The number of hydrogen-bond donors (Lipinski definition) is 3. The maximum Gasteiger partial charge on any atom is 0 e. The minimum absolute atomic E-state index is 0. The summed E-state index contributed by atoms with van der Waals surface area (Å²) in [5.74, 6) is 0. The Labute approximate surface area is 134 Å². The Hall–Kier alpha value is 3.65. The van der Waals surface area contributed by atoms with E-state index in [1.807, 2.05) is 0 Å². The summed E-state index contributed by atoms with van der Waals surface area (Å²) in [6.07, 6.45) is 0. The first kappa shape index (κ1) is 22.4. The largest absolute Gasteiger partial charge is 0 e. The van der Waals surface area contributed by atoms with Gasteiger partial charge in [-0.3, -0.25) is 0 Å². The van der Waals surface area contributed by atoms with Crippen molar-refractivity contribution in [3.8, 4) is 0 Å².